The Balaban J connectivity index is 2.00. The first-order chi connectivity index (χ1) is 10.1. The van der Waals surface area contributed by atoms with Gasteiger partial charge in [0.2, 0.25) is 0 Å². The third kappa shape index (κ3) is 3.04. The quantitative estimate of drug-likeness (QED) is 0.941. The zero-order valence-electron chi connectivity index (χ0n) is 13.1. The van der Waals surface area contributed by atoms with Gasteiger partial charge in [-0.2, -0.15) is 11.8 Å². The van der Waals surface area contributed by atoms with E-state index in [9.17, 15) is 0 Å². The summed E-state index contributed by atoms with van der Waals surface area (Å²) in [5.74, 6) is 2.32. The predicted octanol–water partition coefficient (Wildman–Crippen LogP) is 2.78. The van der Waals surface area contributed by atoms with E-state index in [2.05, 4.69) is 71.5 Å². The summed E-state index contributed by atoms with van der Waals surface area (Å²) >= 11 is 2.06. The molecule has 0 amide bonds. The van der Waals surface area contributed by atoms with E-state index in [4.69, 9.17) is 4.98 Å². The number of hydrogen-bond acceptors (Lipinski definition) is 4. The fraction of sp³-hybridized carbons (Fsp3) is 0.562. The average Bonchev–Trinajstić information content (AvgIpc) is 2.83. The second-order valence-electron chi connectivity index (χ2n) is 6.12. The van der Waals surface area contributed by atoms with Gasteiger partial charge in [0.15, 0.2) is 5.82 Å². The van der Waals surface area contributed by atoms with Crippen molar-refractivity contribution >= 4 is 23.2 Å². The maximum absolute atomic E-state index is 4.89. The van der Waals surface area contributed by atoms with Gasteiger partial charge >= 0.3 is 0 Å². The van der Waals surface area contributed by atoms with Crippen LogP contribution in [-0.4, -0.2) is 39.5 Å². The number of nitrogens with one attached hydrogen (secondary N) is 1. The molecule has 0 bridgehead atoms. The number of rotatable bonds is 4. The highest BCUT2D eigenvalue weighted by molar-refractivity contribution is 8.00. The Morgan fingerprint density at radius 2 is 2.24 bits per heavy atom. The molecule has 0 aliphatic carbocycles. The van der Waals surface area contributed by atoms with Gasteiger partial charge in [0.25, 0.3) is 0 Å². The summed E-state index contributed by atoms with van der Waals surface area (Å²) in [7, 11) is 0. The van der Waals surface area contributed by atoms with Crippen LogP contribution in [-0.2, 0) is 6.54 Å². The molecule has 1 aliphatic heterocycles. The number of pyridine rings is 1. The van der Waals surface area contributed by atoms with Gasteiger partial charge in [-0.1, -0.05) is 13.0 Å². The third-order valence-corrected chi connectivity index (χ3v) is 5.17. The first kappa shape index (κ1) is 14.7. The molecule has 5 heteroatoms. The summed E-state index contributed by atoms with van der Waals surface area (Å²) in [4.78, 5) is 7.35. The lowest BCUT2D eigenvalue weighted by atomic mass is 10.2. The highest BCUT2D eigenvalue weighted by atomic mass is 32.2. The van der Waals surface area contributed by atoms with Gasteiger partial charge in [-0.25, -0.2) is 4.98 Å². The molecule has 3 heterocycles. The molecule has 21 heavy (non-hydrogen) atoms. The van der Waals surface area contributed by atoms with Crippen molar-refractivity contribution in [3.8, 4) is 0 Å². The molecule has 0 atom stereocenters. The Morgan fingerprint density at radius 1 is 1.38 bits per heavy atom. The molecule has 3 rings (SSSR count). The Kier molecular flexibility index (Phi) is 4.13. The monoisotopic (exact) mass is 304 g/mol. The molecule has 0 radical (unpaired) electrons. The number of anilines is 1. The van der Waals surface area contributed by atoms with E-state index in [1.54, 1.807) is 0 Å². The molecule has 1 aliphatic rings. The Hall–Kier alpha value is -1.20. The standard InChI is InChI=1S/C16H24N4S/c1-4-17-11-13-15(18-14-7-5-6-8-20(13)14)19-9-10-21-16(2,3)12-19/h5-8,17H,4,9-12H2,1-3H3. The van der Waals surface area contributed by atoms with Crippen LogP contribution in [0.1, 0.15) is 26.5 Å². The van der Waals surface area contributed by atoms with Crippen LogP contribution in [0.15, 0.2) is 24.4 Å². The molecule has 0 unspecified atom stereocenters. The molecule has 0 saturated carbocycles. The maximum Gasteiger partial charge on any atom is 0.152 e. The number of hydrogen-bond donors (Lipinski definition) is 1. The van der Waals surface area contributed by atoms with Crippen molar-refractivity contribution in [1.29, 1.82) is 0 Å². The fourth-order valence-corrected chi connectivity index (χ4v) is 4.00. The summed E-state index contributed by atoms with van der Waals surface area (Å²) in [6, 6.07) is 6.21. The van der Waals surface area contributed by atoms with E-state index in [0.29, 0.717) is 4.75 Å². The van der Waals surface area contributed by atoms with E-state index >= 15 is 0 Å². The molecule has 114 valence electrons. The van der Waals surface area contributed by atoms with Gasteiger partial charge in [-0.15, -0.1) is 0 Å². The highest BCUT2D eigenvalue weighted by Gasteiger charge is 2.29. The lowest BCUT2D eigenvalue weighted by Gasteiger charge is -2.38. The fourth-order valence-electron chi connectivity index (χ4n) is 2.89. The predicted molar refractivity (Wildman–Crippen MR) is 91.3 cm³/mol. The van der Waals surface area contributed by atoms with Crippen LogP contribution in [0.5, 0.6) is 0 Å². The molecular formula is C16H24N4S. The lowest BCUT2D eigenvalue weighted by Crippen LogP contribution is -2.43. The molecule has 2 aromatic rings. The van der Waals surface area contributed by atoms with Gasteiger partial charge in [0, 0.05) is 36.3 Å². The van der Waals surface area contributed by atoms with Crippen LogP contribution in [0, 0.1) is 0 Å². The highest BCUT2D eigenvalue weighted by Crippen LogP contribution is 2.33. The van der Waals surface area contributed by atoms with Crippen molar-refractivity contribution < 1.29 is 0 Å². The zero-order chi connectivity index (χ0) is 14.9. The van der Waals surface area contributed by atoms with Crippen molar-refractivity contribution in [3.05, 3.63) is 30.1 Å². The van der Waals surface area contributed by atoms with Crippen molar-refractivity contribution in [1.82, 2.24) is 14.7 Å². The largest absolute Gasteiger partial charge is 0.353 e. The van der Waals surface area contributed by atoms with Crippen LogP contribution >= 0.6 is 11.8 Å². The van der Waals surface area contributed by atoms with Gasteiger partial charge in [-0.3, -0.25) is 0 Å². The topological polar surface area (TPSA) is 32.6 Å². The minimum atomic E-state index is 0.295. The Bertz CT molecular complexity index is 620. The molecule has 0 aromatic carbocycles. The number of fused-ring (bicyclic) bond motifs is 1. The first-order valence-electron chi connectivity index (χ1n) is 7.66. The summed E-state index contributed by atoms with van der Waals surface area (Å²) in [6.07, 6.45) is 2.11. The van der Waals surface area contributed by atoms with Crippen LogP contribution in [0.3, 0.4) is 0 Å². The molecule has 4 nitrogen and oxygen atoms in total. The van der Waals surface area contributed by atoms with Crippen LogP contribution in [0.4, 0.5) is 5.82 Å². The Labute approximate surface area is 130 Å². The first-order valence-corrected chi connectivity index (χ1v) is 8.65. The summed E-state index contributed by atoms with van der Waals surface area (Å²) < 4.78 is 2.51. The Morgan fingerprint density at radius 3 is 3.00 bits per heavy atom. The van der Waals surface area contributed by atoms with E-state index in [1.165, 1.54) is 11.4 Å². The van der Waals surface area contributed by atoms with Crippen LogP contribution in [0.2, 0.25) is 0 Å². The van der Waals surface area contributed by atoms with Gasteiger partial charge in [0.1, 0.15) is 5.65 Å². The zero-order valence-corrected chi connectivity index (χ0v) is 13.9. The van der Waals surface area contributed by atoms with Crippen molar-refractivity contribution in [2.75, 3.05) is 30.3 Å². The smallest absolute Gasteiger partial charge is 0.152 e. The molecule has 1 saturated heterocycles. The van der Waals surface area contributed by atoms with E-state index < -0.39 is 0 Å². The lowest BCUT2D eigenvalue weighted by molar-refractivity contribution is 0.635. The minimum absolute atomic E-state index is 0.295. The van der Waals surface area contributed by atoms with Crippen molar-refractivity contribution in [3.63, 3.8) is 0 Å². The normalized spacial score (nSPS) is 18.3. The van der Waals surface area contributed by atoms with Crippen molar-refractivity contribution in [2.45, 2.75) is 32.1 Å². The summed E-state index contributed by atoms with van der Waals surface area (Å²) in [6.45, 7) is 10.8. The number of thioether (sulfide) groups is 1. The number of aromatic nitrogens is 2. The van der Waals surface area contributed by atoms with Crippen LogP contribution in [0.25, 0.3) is 5.65 Å². The van der Waals surface area contributed by atoms with Gasteiger partial charge < -0.3 is 14.6 Å². The molecule has 1 fully saturated rings. The van der Waals surface area contributed by atoms with E-state index in [-0.39, 0.29) is 0 Å². The summed E-state index contributed by atoms with van der Waals surface area (Å²) in [5.41, 5.74) is 2.31. The van der Waals surface area contributed by atoms with Gasteiger partial charge in [0.05, 0.1) is 5.69 Å². The van der Waals surface area contributed by atoms with E-state index in [0.717, 1.165) is 37.6 Å². The molecule has 2 aromatic heterocycles. The third-order valence-electron chi connectivity index (χ3n) is 3.88. The maximum atomic E-state index is 4.89. The van der Waals surface area contributed by atoms with E-state index in [1.807, 2.05) is 0 Å². The second-order valence-corrected chi connectivity index (χ2v) is 7.92. The minimum Gasteiger partial charge on any atom is -0.353 e. The average molecular weight is 304 g/mol. The van der Waals surface area contributed by atoms with Crippen molar-refractivity contribution in [2.24, 2.45) is 0 Å². The number of nitrogens with zero attached hydrogens (tertiary/aromatic N) is 3. The van der Waals surface area contributed by atoms with Gasteiger partial charge in [-0.05, 0) is 32.5 Å². The molecular weight excluding hydrogens is 280 g/mol. The number of imidazole rings is 1. The molecule has 1 N–H and O–H groups in total. The summed E-state index contributed by atoms with van der Waals surface area (Å²) in [5, 5.41) is 3.45. The van der Waals surface area contributed by atoms with Crippen LogP contribution < -0.4 is 10.2 Å². The SMILES string of the molecule is CCNCc1c(N2CCSC(C)(C)C2)nc2ccccn12. The molecule has 0 spiro atoms. The second kappa shape index (κ2) is 5.89.